The summed E-state index contributed by atoms with van der Waals surface area (Å²) in [6.07, 6.45) is 10.4. The molecule has 46 heavy (non-hydrogen) atoms. The Morgan fingerprint density at radius 3 is 2.28 bits per heavy atom. The number of aliphatic hydroxyl groups is 1. The molecular formula is C40H56O6. The van der Waals surface area contributed by atoms with Gasteiger partial charge in [0.2, 0.25) is 5.78 Å². The van der Waals surface area contributed by atoms with Crippen LogP contribution in [0.1, 0.15) is 120 Å². The van der Waals surface area contributed by atoms with Gasteiger partial charge >= 0.3 is 5.97 Å². The summed E-state index contributed by atoms with van der Waals surface area (Å²) in [5, 5.41) is 22.4. The Hall–Kier alpha value is -2.50. The molecule has 0 spiro atoms. The maximum atomic E-state index is 15.5. The number of carbonyl (C=O) groups excluding carboxylic acids is 3. The van der Waals surface area contributed by atoms with E-state index in [4.69, 9.17) is 0 Å². The molecule has 0 aromatic carbocycles. The molecule has 0 heterocycles. The number of ketones is 2. The van der Waals surface area contributed by atoms with E-state index >= 15 is 9.59 Å². The lowest BCUT2D eigenvalue weighted by Crippen LogP contribution is -2.66. The quantitative estimate of drug-likeness (QED) is 0.233. The van der Waals surface area contributed by atoms with Crippen LogP contribution in [0, 0.1) is 68.0 Å². The molecule has 4 saturated carbocycles. The molecule has 0 unspecified atom stereocenters. The predicted molar refractivity (Wildman–Crippen MR) is 178 cm³/mol. The number of carboxylic acids is 1. The summed E-state index contributed by atoms with van der Waals surface area (Å²) in [5.41, 5.74) is -2.41. The summed E-state index contributed by atoms with van der Waals surface area (Å²) < 4.78 is 0. The van der Waals surface area contributed by atoms with E-state index in [1.54, 1.807) is 0 Å². The zero-order valence-electron chi connectivity index (χ0n) is 29.4. The smallest absolute Gasteiger partial charge is 0.309 e. The number of carbonyl (C=O) groups is 4. The van der Waals surface area contributed by atoms with Gasteiger partial charge in [-0.2, -0.15) is 0 Å². The van der Waals surface area contributed by atoms with Crippen molar-refractivity contribution < 1.29 is 29.4 Å². The summed E-state index contributed by atoms with van der Waals surface area (Å²) >= 11 is 0. The highest BCUT2D eigenvalue weighted by atomic mass is 16.4. The van der Waals surface area contributed by atoms with Crippen LogP contribution in [-0.4, -0.2) is 34.0 Å². The second kappa shape index (κ2) is 10.3. The molecule has 0 aromatic rings. The number of hydrogen-bond donors (Lipinski definition) is 2. The molecule has 6 heteroatoms. The van der Waals surface area contributed by atoms with Crippen molar-refractivity contribution in [1.29, 1.82) is 0 Å². The molecule has 252 valence electrons. The van der Waals surface area contributed by atoms with Gasteiger partial charge in [-0.1, -0.05) is 78.2 Å². The third-order valence-corrected chi connectivity index (χ3v) is 15.6. The standard InChI is InChI=1S/C40H56O6/c1-22(2)29-30(42)33(44)40-26(20-25-23(3)12-13-28-36(25,7)16-11-17-37(28,8)34(45)46)24(4)14-19-39(40,32(29)43)27(21-41)31-35(5,6)15-10-18-38(31,40)9/h14,21-22,25-28,31,42H,3,10-13,15-20H2,1-2,4-9H3,(H,45,46)/t25-,26-,27+,28+,31-,36+,37+,38-,39+,40+/m0/s1. The van der Waals surface area contributed by atoms with Gasteiger partial charge in [0.1, 0.15) is 6.29 Å². The van der Waals surface area contributed by atoms with E-state index in [9.17, 15) is 19.8 Å². The minimum Gasteiger partial charge on any atom is -0.504 e. The average molecular weight is 633 g/mol. The van der Waals surface area contributed by atoms with Gasteiger partial charge in [-0.3, -0.25) is 14.4 Å². The largest absolute Gasteiger partial charge is 0.504 e. The van der Waals surface area contributed by atoms with Crippen LogP contribution in [0.4, 0.5) is 0 Å². The second-order valence-corrected chi connectivity index (χ2v) is 18.1. The SMILES string of the molecule is C=C1CC[C@@H]2[C@](C)(CCC[C@@]2(C)C(=O)O)[C@H]1C[C@H]1C(C)=CC[C@@]23C(=O)C(C(C)C)=C(O)C(=O)[C@@]12[C@@]1(C)CCCC(C)(C)[C@@H]1[C@H]3C=O. The Kier molecular flexibility index (Phi) is 7.44. The minimum atomic E-state index is -1.29. The Bertz CT molecular complexity index is 1480. The fourth-order valence-electron chi connectivity index (χ4n) is 13.9. The molecule has 0 aromatic heterocycles. The summed E-state index contributed by atoms with van der Waals surface area (Å²) in [5.74, 6) is -3.40. The Labute approximate surface area is 275 Å². The van der Waals surface area contributed by atoms with E-state index in [-0.39, 0.29) is 51.6 Å². The number of Topliss-reactive ketones (excluding diaryl/α,β-unsaturated/α-hetero) is 2. The van der Waals surface area contributed by atoms with Gasteiger partial charge in [0, 0.05) is 11.5 Å². The molecule has 2 N–H and O–H groups in total. The summed E-state index contributed by atoms with van der Waals surface area (Å²) in [4.78, 5) is 57.1. The lowest BCUT2D eigenvalue weighted by molar-refractivity contribution is -0.175. The minimum absolute atomic E-state index is 0.0373. The number of aldehydes is 1. The Morgan fingerprint density at radius 2 is 1.67 bits per heavy atom. The van der Waals surface area contributed by atoms with Gasteiger partial charge in [-0.15, -0.1) is 0 Å². The van der Waals surface area contributed by atoms with Gasteiger partial charge in [-0.25, -0.2) is 0 Å². The van der Waals surface area contributed by atoms with Crippen molar-refractivity contribution in [3.05, 3.63) is 35.1 Å². The topological polar surface area (TPSA) is 109 Å². The number of fused-ring (bicyclic) bond motifs is 2. The third kappa shape index (κ3) is 3.65. The van der Waals surface area contributed by atoms with Crippen molar-refractivity contribution in [1.82, 2.24) is 0 Å². The molecule has 6 aliphatic carbocycles. The van der Waals surface area contributed by atoms with Crippen LogP contribution in [-0.2, 0) is 19.2 Å². The molecular weight excluding hydrogens is 576 g/mol. The normalized spacial score (nSPS) is 46.7. The van der Waals surface area contributed by atoms with E-state index in [0.29, 0.717) is 25.7 Å². The Morgan fingerprint density at radius 1 is 1.02 bits per heavy atom. The van der Waals surface area contributed by atoms with Gasteiger partial charge < -0.3 is 15.0 Å². The lowest BCUT2D eigenvalue weighted by atomic mass is 9.37. The van der Waals surface area contributed by atoms with Gasteiger partial charge in [-0.05, 0) is 111 Å². The van der Waals surface area contributed by atoms with Crippen molar-refractivity contribution in [3.63, 3.8) is 0 Å². The van der Waals surface area contributed by atoms with E-state index in [1.807, 2.05) is 20.8 Å². The van der Waals surface area contributed by atoms with Crippen LogP contribution in [0.25, 0.3) is 0 Å². The molecule has 6 rings (SSSR count). The molecule has 0 bridgehead atoms. The van der Waals surface area contributed by atoms with E-state index < -0.39 is 45.2 Å². The first-order chi connectivity index (χ1) is 21.3. The molecule has 0 saturated heterocycles. The fourth-order valence-corrected chi connectivity index (χ4v) is 13.9. The molecule has 0 aliphatic heterocycles. The zero-order chi connectivity index (χ0) is 34.0. The first kappa shape index (κ1) is 33.4. The van der Waals surface area contributed by atoms with E-state index in [2.05, 4.69) is 47.3 Å². The Balaban J connectivity index is 1.63. The maximum absolute atomic E-state index is 15.5. The van der Waals surface area contributed by atoms with Crippen molar-refractivity contribution in [2.75, 3.05) is 0 Å². The molecule has 10 atom stereocenters. The van der Waals surface area contributed by atoms with Crippen LogP contribution in [0.15, 0.2) is 35.1 Å². The fraction of sp³-hybridized carbons (Fsp3) is 0.750. The lowest BCUT2D eigenvalue weighted by Gasteiger charge is -2.63. The maximum Gasteiger partial charge on any atom is 0.309 e. The highest BCUT2D eigenvalue weighted by molar-refractivity contribution is 6.19. The molecule has 6 nitrogen and oxygen atoms in total. The number of hydrogen-bond acceptors (Lipinski definition) is 5. The number of aliphatic hydroxyl groups excluding tert-OH is 1. The number of carboxylic acid groups (broad SMARTS) is 1. The monoisotopic (exact) mass is 632 g/mol. The summed E-state index contributed by atoms with van der Waals surface area (Å²) in [7, 11) is 0. The highest BCUT2D eigenvalue weighted by Crippen LogP contribution is 2.82. The molecule has 0 amide bonds. The van der Waals surface area contributed by atoms with Gasteiger partial charge in [0.15, 0.2) is 11.5 Å². The van der Waals surface area contributed by atoms with Crippen LogP contribution in [0.3, 0.4) is 0 Å². The van der Waals surface area contributed by atoms with Crippen molar-refractivity contribution in [3.8, 4) is 0 Å². The van der Waals surface area contributed by atoms with Gasteiger partial charge in [0.25, 0.3) is 0 Å². The highest BCUT2D eigenvalue weighted by Gasteiger charge is 2.85. The average Bonchev–Trinajstić information content (AvgIpc) is 3.18. The van der Waals surface area contributed by atoms with Gasteiger partial charge in [0.05, 0.1) is 16.2 Å². The first-order valence-electron chi connectivity index (χ1n) is 17.9. The first-order valence-corrected chi connectivity index (χ1v) is 17.9. The molecule has 6 aliphatic rings. The summed E-state index contributed by atoms with van der Waals surface area (Å²) in [6, 6.07) is 0. The predicted octanol–water partition coefficient (Wildman–Crippen LogP) is 8.46. The number of rotatable bonds is 5. The van der Waals surface area contributed by atoms with Crippen LogP contribution in [0.2, 0.25) is 0 Å². The zero-order valence-corrected chi connectivity index (χ0v) is 29.4. The summed E-state index contributed by atoms with van der Waals surface area (Å²) in [6.45, 7) is 21.1. The molecule has 4 fully saturated rings. The second-order valence-electron chi connectivity index (χ2n) is 18.1. The number of aliphatic carboxylic acids is 1. The van der Waals surface area contributed by atoms with E-state index in [0.717, 1.165) is 56.0 Å². The molecule has 0 radical (unpaired) electrons. The van der Waals surface area contributed by atoms with Crippen LogP contribution in [0.5, 0.6) is 0 Å². The van der Waals surface area contributed by atoms with Crippen molar-refractivity contribution in [2.24, 2.45) is 68.0 Å². The van der Waals surface area contributed by atoms with Crippen molar-refractivity contribution in [2.45, 2.75) is 120 Å². The van der Waals surface area contributed by atoms with Crippen molar-refractivity contribution >= 4 is 23.8 Å². The van der Waals surface area contributed by atoms with Crippen LogP contribution >= 0.6 is 0 Å². The number of allylic oxidation sites excluding steroid dienone is 5. The third-order valence-electron chi connectivity index (χ3n) is 15.6. The van der Waals surface area contributed by atoms with E-state index in [1.165, 1.54) is 0 Å². The van der Waals surface area contributed by atoms with Crippen LogP contribution < -0.4 is 0 Å².